The molecule has 0 radical (unpaired) electrons. The first-order valence-electron chi connectivity index (χ1n) is 11.1. The van der Waals surface area contributed by atoms with Crippen molar-refractivity contribution in [2.75, 3.05) is 24.6 Å². The van der Waals surface area contributed by atoms with E-state index >= 15 is 0 Å². The van der Waals surface area contributed by atoms with E-state index in [2.05, 4.69) is 57.0 Å². The summed E-state index contributed by atoms with van der Waals surface area (Å²) in [4.78, 5) is 24.6. The predicted molar refractivity (Wildman–Crippen MR) is 157 cm³/mol. The number of phenols is 1. The van der Waals surface area contributed by atoms with Gasteiger partial charge in [-0.05, 0) is 67.3 Å². The van der Waals surface area contributed by atoms with Crippen LogP contribution in [0.25, 0.3) is 0 Å². The average molecular weight is 743 g/mol. The van der Waals surface area contributed by atoms with E-state index in [0.717, 1.165) is 0 Å². The molecular formula is C22H23Br2N4O9S3-. The van der Waals surface area contributed by atoms with Crippen molar-refractivity contribution in [1.82, 2.24) is 10.6 Å². The molecule has 0 spiro atoms. The average Bonchev–Trinajstić information content (AvgIpc) is 2.89. The first kappa shape index (κ1) is 33.7. The number of hydrogen-bond donors (Lipinski definition) is 5. The van der Waals surface area contributed by atoms with Crippen molar-refractivity contribution in [3.63, 3.8) is 0 Å². The summed E-state index contributed by atoms with van der Waals surface area (Å²) < 4.78 is 37.1. The van der Waals surface area contributed by atoms with E-state index in [4.69, 9.17) is 0 Å². The van der Waals surface area contributed by atoms with Crippen LogP contribution < -0.4 is 14.8 Å². The molecule has 5 N–H and O–H groups in total. The molecule has 2 aromatic rings. The number of benzene rings is 2. The summed E-state index contributed by atoms with van der Waals surface area (Å²) in [5, 5.41) is 39.3. The van der Waals surface area contributed by atoms with Crippen molar-refractivity contribution >= 4 is 87.1 Å². The minimum Gasteiger partial charge on any atom is -0.716 e. The maximum Gasteiger partial charge on any atom is 0.269 e. The molecule has 0 atom stereocenters. The number of hydrogen-bond acceptors (Lipinski definition) is 13. The minimum absolute atomic E-state index is 0.0538. The highest BCUT2D eigenvalue weighted by atomic mass is 79.9. The Hall–Kier alpha value is -2.51. The van der Waals surface area contributed by atoms with Gasteiger partial charge < -0.3 is 34.9 Å². The molecule has 218 valence electrons. The third-order valence-corrected chi connectivity index (χ3v) is 8.78. The molecule has 0 saturated heterocycles. The van der Waals surface area contributed by atoms with E-state index < -0.39 is 22.2 Å². The predicted octanol–water partition coefficient (Wildman–Crippen LogP) is 2.82. The van der Waals surface area contributed by atoms with Crippen LogP contribution in [0.1, 0.15) is 11.1 Å². The quantitative estimate of drug-likeness (QED) is 0.0341. The van der Waals surface area contributed by atoms with Crippen LogP contribution in [0.15, 0.2) is 55.7 Å². The fourth-order valence-electron chi connectivity index (χ4n) is 2.94. The molecule has 13 nitrogen and oxygen atoms in total. The van der Waals surface area contributed by atoms with Gasteiger partial charge >= 0.3 is 0 Å². The normalized spacial score (nSPS) is 12.2. The van der Waals surface area contributed by atoms with Gasteiger partial charge in [0.05, 0.1) is 8.95 Å². The second-order valence-corrected chi connectivity index (χ2v) is 13.0. The highest BCUT2D eigenvalue weighted by molar-refractivity contribution is 9.11. The maximum atomic E-state index is 12.3. The van der Waals surface area contributed by atoms with Gasteiger partial charge in [-0.15, -0.1) is 0 Å². The smallest absolute Gasteiger partial charge is 0.269 e. The Morgan fingerprint density at radius 1 is 0.875 bits per heavy atom. The summed E-state index contributed by atoms with van der Waals surface area (Å²) in [6, 6.07) is 8.75. The van der Waals surface area contributed by atoms with Gasteiger partial charge in [0, 0.05) is 37.4 Å². The van der Waals surface area contributed by atoms with Crippen LogP contribution in [0.3, 0.4) is 0 Å². The molecule has 0 aliphatic carbocycles. The lowest BCUT2D eigenvalue weighted by molar-refractivity contribution is -0.115. The van der Waals surface area contributed by atoms with Crippen LogP contribution in [0.5, 0.6) is 11.5 Å². The number of oxime groups is 2. The summed E-state index contributed by atoms with van der Waals surface area (Å²) in [5.41, 5.74) is 0.898. The zero-order valence-electron chi connectivity index (χ0n) is 20.4. The van der Waals surface area contributed by atoms with Crippen molar-refractivity contribution in [2.45, 2.75) is 12.8 Å². The molecule has 0 aliphatic rings. The standard InChI is InChI=1S/C22H24Br2N4O9S3/c23-15-9-13(1-3-19(15)29)11-17(27-32)21(30)25-5-7-38-39-8-6-26-22(31)18(28-33)12-14-2-4-20(16(24)10-14)37-40(34,35)36/h1-4,9-10,29,32-33H,5-8,11-12H2,(H,25,30)(H,26,31)(H,34,35,36)/p-1/b27-17+,28-18+. The fraction of sp³-hybridized carbons (Fsp3) is 0.273. The van der Waals surface area contributed by atoms with Gasteiger partial charge in [-0.3, -0.25) is 9.59 Å². The SMILES string of the molecule is O=C(NCCSSCCNC(=O)/C(Cc1ccc(OS(=O)(=O)[O-])c(Br)c1)=N/O)/C(Cc1ccc(O)c(Br)c1)=N/O. The molecule has 18 heteroatoms. The van der Waals surface area contributed by atoms with Gasteiger partial charge in [-0.2, -0.15) is 0 Å². The third-order valence-electron chi connectivity index (χ3n) is 4.73. The Morgan fingerprint density at radius 2 is 1.35 bits per heavy atom. The number of carbonyl (C=O) groups excluding carboxylic acids is 2. The van der Waals surface area contributed by atoms with Crippen LogP contribution >= 0.6 is 53.4 Å². The molecular weight excluding hydrogens is 720 g/mol. The monoisotopic (exact) mass is 741 g/mol. The Morgan fingerprint density at radius 3 is 1.77 bits per heavy atom. The zero-order valence-corrected chi connectivity index (χ0v) is 26.0. The second kappa shape index (κ2) is 16.7. The lowest BCUT2D eigenvalue weighted by Crippen LogP contribution is -2.34. The number of aromatic hydroxyl groups is 1. The lowest BCUT2D eigenvalue weighted by Gasteiger charge is -2.12. The molecule has 0 unspecified atom stereocenters. The van der Waals surface area contributed by atoms with Crippen LogP contribution in [-0.4, -0.2) is 76.3 Å². The second-order valence-electron chi connectivity index (χ2n) is 7.64. The van der Waals surface area contributed by atoms with Crippen molar-refractivity contribution in [3.8, 4) is 11.5 Å². The van der Waals surface area contributed by atoms with E-state index in [9.17, 15) is 38.1 Å². The molecule has 0 aliphatic heterocycles. The highest BCUT2D eigenvalue weighted by Crippen LogP contribution is 2.27. The summed E-state index contributed by atoms with van der Waals surface area (Å²) in [6.45, 7) is 0.575. The van der Waals surface area contributed by atoms with Crippen molar-refractivity contribution in [1.29, 1.82) is 0 Å². The molecule has 2 amide bonds. The topological polar surface area (TPSA) is 210 Å². The van der Waals surface area contributed by atoms with E-state index in [1.165, 1.54) is 45.9 Å². The summed E-state index contributed by atoms with van der Waals surface area (Å²) in [6.07, 6.45) is 0.000763. The number of nitrogens with zero attached hydrogens (tertiary/aromatic N) is 2. The summed E-state index contributed by atoms with van der Waals surface area (Å²) in [5.74, 6) is -0.231. The van der Waals surface area contributed by atoms with Gasteiger partial charge in [0.25, 0.3) is 22.2 Å². The van der Waals surface area contributed by atoms with Crippen LogP contribution in [0, 0.1) is 0 Å². The van der Waals surface area contributed by atoms with Gasteiger partial charge in [0.1, 0.15) is 17.2 Å². The van der Waals surface area contributed by atoms with E-state index in [1.807, 2.05) is 0 Å². The largest absolute Gasteiger partial charge is 0.716 e. The van der Waals surface area contributed by atoms with Crippen molar-refractivity contribution < 1.29 is 42.3 Å². The van der Waals surface area contributed by atoms with Gasteiger partial charge in [-0.1, -0.05) is 44.0 Å². The number of halogens is 2. The fourth-order valence-corrected chi connectivity index (χ4v) is 6.15. The molecule has 2 aromatic carbocycles. The number of amides is 2. The van der Waals surface area contributed by atoms with Crippen LogP contribution in [0.4, 0.5) is 0 Å². The molecule has 0 fully saturated rings. The lowest BCUT2D eigenvalue weighted by atomic mass is 10.1. The Bertz CT molecular complexity index is 1380. The maximum absolute atomic E-state index is 12.3. The number of nitrogens with one attached hydrogen (secondary N) is 2. The molecule has 0 heterocycles. The molecule has 2 rings (SSSR count). The van der Waals surface area contributed by atoms with E-state index in [1.54, 1.807) is 12.1 Å². The first-order valence-corrected chi connectivity index (χ1v) is 16.5. The van der Waals surface area contributed by atoms with E-state index in [-0.39, 0.29) is 46.8 Å². The Balaban J connectivity index is 1.66. The molecule has 0 aromatic heterocycles. The molecule has 0 saturated carbocycles. The minimum atomic E-state index is -4.95. The number of phenolic OH excluding ortho intramolecular Hbond substituents is 1. The van der Waals surface area contributed by atoms with Crippen molar-refractivity contribution in [3.05, 3.63) is 56.5 Å². The molecule has 40 heavy (non-hydrogen) atoms. The number of rotatable bonds is 15. The van der Waals surface area contributed by atoms with E-state index in [0.29, 0.717) is 33.7 Å². The van der Waals surface area contributed by atoms with Gasteiger partial charge in [0.15, 0.2) is 5.75 Å². The zero-order chi connectivity index (χ0) is 29.7. The van der Waals surface area contributed by atoms with Gasteiger partial charge in [0.2, 0.25) is 0 Å². The Kier molecular flexibility index (Phi) is 14.1. The van der Waals surface area contributed by atoms with Crippen LogP contribution in [0.2, 0.25) is 0 Å². The summed E-state index contributed by atoms with van der Waals surface area (Å²) in [7, 11) is -2.05. The number of carbonyl (C=O) groups is 2. The third kappa shape index (κ3) is 11.9. The van der Waals surface area contributed by atoms with Gasteiger partial charge in [-0.25, -0.2) is 8.42 Å². The highest BCUT2D eigenvalue weighted by Gasteiger charge is 2.15. The summed E-state index contributed by atoms with van der Waals surface area (Å²) >= 11 is 6.26. The van der Waals surface area contributed by atoms with Crippen molar-refractivity contribution in [2.24, 2.45) is 10.3 Å². The van der Waals surface area contributed by atoms with Crippen LogP contribution in [-0.2, 0) is 32.8 Å². The molecule has 0 bridgehead atoms. The first-order chi connectivity index (χ1) is 18.9. The Labute approximate surface area is 254 Å².